The first kappa shape index (κ1) is 19.3. The summed E-state index contributed by atoms with van der Waals surface area (Å²) in [4.78, 5) is 23.9. The standard InChI is InChI=1S/C7H4ClNO3.C5H5N.CH2Cl2/c8-7(10)5-1-3-6(4-2-5)9(11)12;1-2-4-6-5-3-1;2-1-3/h1-4H;1-5H;1H2. The van der Waals surface area contributed by atoms with E-state index in [2.05, 4.69) is 4.98 Å². The van der Waals surface area contributed by atoms with Gasteiger partial charge in [-0.2, -0.15) is 0 Å². The van der Waals surface area contributed by atoms with Crippen molar-refractivity contribution in [2.75, 3.05) is 5.34 Å². The molecule has 0 radical (unpaired) electrons. The van der Waals surface area contributed by atoms with Crippen LogP contribution in [-0.4, -0.2) is 20.5 Å². The van der Waals surface area contributed by atoms with Gasteiger partial charge in [0.25, 0.3) is 10.9 Å². The fraction of sp³-hybridized carbons (Fsp3) is 0.0769. The molecule has 0 spiro atoms. The summed E-state index contributed by atoms with van der Waals surface area (Å²) in [6, 6.07) is 10.8. The van der Waals surface area contributed by atoms with E-state index in [1.807, 2.05) is 18.2 Å². The molecule has 0 N–H and O–H groups in total. The predicted octanol–water partition coefficient (Wildman–Crippen LogP) is 4.48. The Bertz CT molecular complexity index is 476. The van der Waals surface area contributed by atoms with Crippen molar-refractivity contribution < 1.29 is 9.72 Å². The summed E-state index contributed by atoms with van der Waals surface area (Å²) in [6.07, 6.45) is 3.50. The van der Waals surface area contributed by atoms with E-state index in [-0.39, 0.29) is 16.6 Å². The number of carbonyl (C=O) groups is 1. The van der Waals surface area contributed by atoms with Gasteiger partial charge >= 0.3 is 0 Å². The number of hydrogen-bond donors (Lipinski definition) is 0. The zero-order valence-electron chi connectivity index (χ0n) is 10.7. The van der Waals surface area contributed by atoms with E-state index in [9.17, 15) is 14.9 Å². The fourth-order valence-electron chi connectivity index (χ4n) is 1.03. The van der Waals surface area contributed by atoms with Crippen molar-refractivity contribution in [3.8, 4) is 0 Å². The van der Waals surface area contributed by atoms with E-state index in [0.29, 0.717) is 0 Å². The molecule has 0 saturated carbocycles. The van der Waals surface area contributed by atoms with Crippen molar-refractivity contribution >= 4 is 45.7 Å². The van der Waals surface area contributed by atoms with E-state index in [1.165, 1.54) is 24.3 Å². The van der Waals surface area contributed by atoms with Crippen molar-refractivity contribution in [2.24, 2.45) is 0 Å². The molecule has 2 aromatic rings. The van der Waals surface area contributed by atoms with Crippen molar-refractivity contribution in [3.63, 3.8) is 0 Å². The van der Waals surface area contributed by atoms with Crippen LogP contribution in [-0.2, 0) is 0 Å². The van der Waals surface area contributed by atoms with Crippen molar-refractivity contribution in [1.82, 2.24) is 4.98 Å². The minimum atomic E-state index is -0.620. The van der Waals surface area contributed by atoms with Gasteiger partial charge in [0.15, 0.2) is 0 Å². The van der Waals surface area contributed by atoms with Crippen LogP contribution in [0.5, 0.6) is 0 Å². The van der Waals surface area contributed by atoms with Crippen LogP contribution in [0.4, 0.5) is 5.69 Å². The molecule has 0 saturated heterocycles. The van der Waals surface area contributed by atoms with Crippen LogP contribution < -0.4 is 0 Å². The molecular weight excluding hydrogens is 339 g/mol. The third kappa shape index (κ3) is 9.79. The Hall–Kier alpha value is -1.69. The molecular formula is C13H11Cl3N2O3. The van der Waals surface area contributed by atoms with Crippen LogP contribution in [0.2, 0.25) is 0 Å². The Morgan fingerprint density at radius 2 is 1.57 bits per heavy atom. The number of alkyl halides is 2. The first-order valence-corrected chi connectivity index (χ1v) is 6.88. The molecule has 112 valence electrons. The molecule has 5 nitrogen and oxygen atoms in total. The smallest absolute Gasteiger partial charge is 0.269 e. The van der Waals surface area contributed by atoms with E-state index in [4.69, 9.17) is 34.8 Å². The number of non-ortho nitro benzene ring substituents is 1. The number of hydrogen-bond acceptors (Lipinski definition) is 4. The molecule has 1 aromatic heterocycles. The summed E-state index contributed by atoms with van der Waals surface area (Å²) in [5, 5.41) is 9.74. The van der Waals surface area contributed by atoms with Gasteiger partial charge in [0.05, 0.1) is 10.3 Å². The molecule has 0 aliphatic rings. The molecule has 8 heteroatoms. The van der Waals surface area contributed by atoms with E-state index < -0.39 is 10.2 Å². The minimum absolute atomic E-state index is 0.0586. The number of carbonyl (C=O) groups excluding carboxylic acids is 1. The monoisotopic (exact) mass is 348 g/mol. The Kier molecular flexibility index (Phi) is 11.1. The molecule has 2 rings (SSSR count). The number of rotatable bonds is 2. The maximum absolute atomic E-state index is 10.5. The topological polar surface area (TPSA) is 73.1 Å². The van der Waals surface area contributed by atoms with Gasteiger partial charge in [0, 0.05) is 30.1 Å². The van der Waals surface area contributed by atoms with Crippen LogP contribution in [0.1, 0.15) is 10.4 Å². The predicted molar refractivity (Wildman–Crippen MR) is 84.1 cm³/mol. The van der Waals surface area contributed by atoms with E-state index >= 15 is 0 Å². The van der Waals surface area contributed by atoms with Gasteiger partial charge in [-0.1, -0.05) is 6.07 Å². The summed E-state index contributed by atoms with van der Waals surface area (Å²) in [5.41, 5.74) is 0.193. The number of aromatic nitrogens is 1. The highest BCUT2D eigenvalue weighted by Crippen LogP contribution is 2.12. The maximum Gasteiger partial charge on any atom is 0.269 e. The Morgan fingerprint density at radius 1 is 1.10 bits per heavy atom. The van der Waals surface area contributed by atoms with Crippen molar-refractivity contribution in [3.05, 3.63) is 70.5 Å². The molecule has 0 aliphatic heterocycles. The SMILES string of the molecule is ClCCl.O=C(Cl)c1ccc([N+](=O)[O-])cc1.c1ccncc1. The summed E-state index contributed by atoms with van der Waals surface area (Å²) in [5.74, 6) is 0. The molecule has 0 aliphatic carbocycles. The van der Waals surface area contributed by atoms with Crippen LogP contribution in [0.3, 0.4) is 0 Å². The molecule has 0 amide bonds. The highest BCUT2D eigenvalue weighted by Gasteiger charge is 2.06. The molecule has 0 unspecified atom stereocenters. The quantitative estimate of drug-likeness (QED) is 0.347. The fourth-order valence-corrected chi connectivity index (χ4v) is 1.15. The second-order valence-electron chi connectivity index (χ2n) is 3.20. The van der Waals surface area contributed by atoms with E-state index in [0.717, 1.165) is 0 Å². The second kappa shape index (κ2) is 12.1. The average Bonchev–Trinajstić information content (AvgIpc) is 2.50. The lowest BCUT2D eigenvalue weighted by molar-refractivity contribution is -0.384. The first-order valence-electron chi connectivity index (χ1n) is 5.44. The van der Waals surface area contributed by atoms with Crippen LogP contribution in [0, 0.1) is 10.1 Å². The number of nitrogens with zero attached hydrogens (tertiary/aromatic N) is 2. The van der Waals surface area contributed by atoms with Crippen molar-refractivity contribution in [2.45, 2.75) is 0 Å². The van der Waals surface area contributed by atoms with Gasteiger partial charge in [-0.25, -0.2) is 0 Å². The van der Waals surface area contributed by atoms with Crippen LogP contribution in [0.15, 0.2) is 54.9 Å². The lowest BCUT2D eigenvalue weighted by atomic mass is 10.2. The molecule has 1 aromatic carbocycles. The number of benzene rings is 1. The minimum Gasteiger partial charge on any atom is -0.276 e. The van der Waals surface area contributed by atoms with Gasteiger partial charge in [0.1, 0.15) is 0 Å². The van der Waals surface area contributed by atoms with Gasteiger partial charge in [0.2, 0.25) is 0 Å². The molecule has 0 fully saturated rings. The third-order valence-electron chi connectivity index (χ3n) is 1.87. The highest BCUT2D eigenvalue weighted by atomic mass is 35.5. The largest absolute Gasteiger partial charge is 0.276 e. The lowest BCUT2D eigenvalue weighted by Gasteiger charge is -1.92. The Morgan fingerprint density at radius 3 is 1.81 bits per heavy atom. The third-order valence-corrected chi connectivity index (χ3v) is 2.09. The zero-order chi connectivity index (χ0) is 16.1. The molecule has 0 bridgehead atoms. The highest BCUT2D eigenvalue weighted by molar-refractivity contribution is 6.67. The molecule has 21 heavy (non-hydrogen) atoms. The normalized spacial score (nSPS) is 8.52. The van der Waals surface area contributed by atoms with E-state index in [1.54, 1.807) is 12.4 Å². The average molecular weight is 350 g/mol. The first-order chi connectivity index (χ1) is 10.0. The summed E-state index contributed by atoms with van der Waals surface area (Å²) < 4.78 is 0. The van der Waals surface area contributed by atoms with Crippen molar-refractivity contribution in [1.29, 1.82) is 0 Å². The number of pyridine rings is 1. The zero-order valence-corrected chi connectivity index (χ0v) is 12.9. The molecule has 0 atom stereocenters. The van der Waals surface area contributed by atoms with Gasteiger partial charge in [-0.05, 0) is 35.9 Å². The Balaban J connectivity index is 0.000000369. The van der Waals surface area contributed by atoms with Gasteiger partial charge in [-0.3, -0.25) is 19.9 Å². The summed E-state index contributed by atoms with van der Waals surface area (Å²) >= 11 is 14.7. The maximum atomic E-state index is 10.5. The second-order valence-corrected chi connectivity index (χ2v) is 4.35. The molecule has 1 heterocycles. The summed E-state index contributed by atoms with van der Waals surface area (Å²) in [7, 11) is 0. The van der Waals surface area contributed by atoms with Crippen LogP contribution in [0.25, 0.3) is 0 Å². The van der Waals surface area contributed by atoms with Gasteiger partial charge < -0.3 is 0 Å². The number of nitro groups is 1. The van der Waals surface area contributed by atoms with Crippen LogP contribution >= 0.6 is 34.8 Å². The Labute approximate surface area is 136 Å². The summed E-state index contributed by atoms with van der Waals surface area (Å²) in [6.45, 7) is 0. The number of nitro benzene ring substituents is 1. The lowest BCUT2D eigenvalue weighted by Crippen LogP contribution is -1.90. The van der Waals surface area contributed by atoms with Gasteiger partial charge in [-0.15, -0.1) is 23.2 Å². The number of halogens is 3.